The van der Waals surface area contributed by atoms with Gasteiger partial charge in [0.25, 0.3) is 0 Å². The van der Waals surface area contributed by atoms with Gasteiger partial charge in [0.2, 0.25) is 5.91 Å². The van der Waals surface area contributed by atoms with Gasteiger partial charge in [0, 0.05) is 0 Å². The van der Waals surface area contributed by atoms with Crippen molar-refractivity contribution in [1.82, 2.24) is 5.32 Å². The summed E-state index contributed by atoms with van der Waals surface area (Å²) in [6.07, 6.45) is -0.400. The van der Waals surface area contributed by atoms with Crippen molar-refractivity contribution >= 4 is 14.2 Å². The van der Waals surface area contributed by atoms with Gasteiger partial charge >= 0.3 is 0 Å². The van der Waals surface area contributed by atoms with E-state index in [1.165, 1.54) is 0 Å². The van der Waals surface area contributed by atoms with E-state index >= 15 is 0 Å². The summed E-state index contributed by atoms with van der Waals surface area (Å²) in [5.41, 5.74) is 0. The second kappa shape index (κ2) is 4.47. The van der Waals surface area contributed by atoms with Crippen LogP contribution in [0.5, 0.6) is 0 Å². The number of carbonyl (C=O) groups excluding carboxylic acids is 1. The molecular formula is C11H23NO3Si. The van der Waals surface area contributed by atoms with Crippen LogP contribution in [0, 0.1) is 0 Å². The Hall–Kier alpha value is -0.393. The topological polar surface area (TPSA) is 58.6 Å². The second-order valence-corrected chi connectivity index (χ2v) is 10.8. The maximum absolute atomic E-state index is 11.1. The Labute approximate surface area is 98.5 Å². The van der Waals surface area contributed by atoms with Crippen molar-refractivity contribution in [2.45, 2.75) is 57.5 Å². The van der Waals surface area contributed by atoms with Crippen LogP contribution >= 0.6 is 0 Å². The summed E-state index contributed by atoms with van der Waals surface area (Å²) < 4.78 is 5.96. The summed E-state index contributed by atoms with van der Waals surface area (Å²) >= 11 is 0. The van der Waals surface area contributed by atoms with Gasteiger partial charge in [0.05, 0.1) is 25.2 Å². The molecule has 1 aliphatic heterocycles. The van der Waals surface area contributed by atoms with E-state index in [2.05, 4.69) is 39.2 Å². The molecule has 94 valence electrons. The molecule has 1 rings (SSSR count). The highest BCUT2D eigenvalue weighted by molar-refractivity contribution is 6.74. The van der Waals surface area contributed by atoms with Crippen LogP contribution in [-0.4, -0.2) is 38.1 Å². The van der Waals surface area contributed by atoms with Crippen LogP contribution in [0.4, 0.5) is 0 Å². The number of hydrogen-bond acceptors (Lipinski definition) is 3. The molecule has 1 heterocycles. The van der Waals surface area contributed by atoms with Crippen LogP contribution < -0.4 is 5.32 Å². The second-order valence-electron chi connectivity index (χ2n) is 6.02. The first kappa shape index (κ1) is 13.7. The van der Waals surface area contributed by atoms with E-state index in [4.69, 9.17) is 4.43 Å². The fourth-order valence-electron chi connectivity index (χ4n) is 1.36. The highest BCUT2D eigenvalue weighted by Gasteiger charge is 2.39. The first-order valence-electron chi connectivity index (χ1n) is 5.75. The monoisotopic (exact) mass is 245 g/mol. The third-order valence-corrected chi connectivity index (χ3v) is 8.14. The number of carbonyl (C=O) groups is 1. The normalized spacial score (nSPS) is 27.0. The maximum Gasteiger partial charge on any atom is 0.223 e. The quantitative estimate of drug-likeness (QED) is 0.736. The van der Waals surface area contributed by atoms with Gasteiger partial charge in [-0.1, -0.05) is 20.8 Å². The van der Waals surface area contributed by atoms with Crippen molar-refractivity contribution in [3.05, 3.63) is 0 Å². The Morgan fingerprint density at radius 2 is 2.06 bits per heavy atom. The lowest BCUT2D eigenvalue weighted by Gasteiger charge is -2.37. The molecule has 2 N–H and O–H groups in total. The van der Waals surface area contributed by atoms with E-state index < -0.39 is 14.4 Å². The Balaban J connectivity index is 2.49. The molecule has 0 aromatic carbocycles. The highest BCUT2D eigenvalue weighted by Crippen LogP contribution is 2.36. The molecule has 16 heavy (non-hydrogen) atoms. The molecule has 0 unspecified atom stereocenters. The lowest BCUT2D eigenvalue weighted by Crippen LogP contribution is -2.46. The average Bonchev–Trinajstić information content (AvgIpc) is 2.39. The Kier molecular flexibility index (Phi) is 3.82. The molecule has 1 fully saturated rings. The molecule has 0 bridgehead atoms. The minimum Gasteiger partial charge on any atom is -0.415 e. The van der Waals surface area contributed by atoms with Crippen molar-refractivity contribution < 1.29 is 14.3 Å². The van der Waals surface area contributed by atoms with Crippen LogP contribution in [0.3, 0.4) is 0 Å². The third-order valence-electron chi connectivity index (χ3n) is 3.64. The van der Waals surface area contributed by atoms with E-state index in [0.29, 0.717) is 6.61 Å². The zero-order valence-electron chi connectivity index (χ0n) is 10.8. The molecule has 0 spiro atoms. The van der Waals surface area contributed by atoms with Gasteiger partial charge in [-0.15, -0.1) is 0 Å². The predicted octanol–water partition coefficient (Wildman–Crippen LogP) is 1.26. The van der Waals surface area contributed by atoms with Crippen LogP contribution in [0.1, 0.15) is 27.2 Å². The van der Waals surface area contributed by atoms with Gasteiger partial charge in [-0.2, -0.15) is 0 Å². The fraction of sp³-hybridized carbons (Fsp3) is 0.909. The van der Waals surface area contributed by atoms with Crippen molar-refractivity contribution in [2.24, 2.45) is 0 Å². The molecule has 5 heteroatoms. The summed E-state index contributed by atoms with van der Waals surface area (Å²) in [6, 6.07) is -0.235. The van der Waals surface area contributed by atoms with Gasteiger partial charge in [-0.3, -0.25) is 4.79 Å². The molecule has 0 saturated carbocycles. The highest BCUT2D eigenvalue weighted by atomic mass is 28.4. The van der Waals surface area contributed by atoms with Crippen molar-refractivity contribution in [3.63, 3.8) is 0 Å². The minimum absolute atomic E-state index is 0.0867. The van der Waals surface area contributed by atoms with E-state index in [0.717, 1.165) is 0 Å². The number of aliphatic hydroxyl groups is 1. The van der Waals surface area contributed by atoms with Gasteiger partial charge in [-0.05, 0) is 18.1 Å². The van der Waals surface area contributed by atoms with Crippen LogP contribution in [-0.2, 0) is 9.22 Å². The van der Waals surface area contributed by atoms with Crippen LogP contribution in [0.15, 0.2) is 0 Å². The Bertz CT molecular complexity index is 273. The Morgan fingerprint density at radius 1 is 1.50 bits per heavy atom. The van der Waals surface area contributed by atoms with E-state index in [1.54, 1.807) is 0 Å². The summed E-state index contributed by atoms with van der Waals surface area (Å²) in [6.45, 7) is 11.3. The maximum atomic E-state index is 11.1. The van der Waals surface area contributed by atoms with Crippen LogP contribution in [0.25, 0.3) is 0 Å². The third kappa shape index (κ3) is 3.05. The molecule has 4 nitrogen and oxygen atoms in total. The van der Waals surface area contributed by atoms with E-state index in [-0.39, 0.29) is 23.4 Å². The lowest BCUT2D eigenvalue weighted by atomic mass is 10.2. The van der Waals surface area contributed by atoms with Gasteiger partial charge in [0.15, 0.2) is 8.32 Å². The van der Waals surface area contributed by atoms with Crippen molar-refractivity contribution in [2.75, 3.05) is 6.61 Å². The van der Waals surface area contributed by atoms with Gasteiger partial charge in [0.1, 0.15) is 0 Å². The number of hydrogen-bond donors (Lipinski definition) is 2. The fourth-order valence-corrected chi connectivity index (χ4v) is 2.39. The average molecular weight is 245 g/mol. The van der Waals surface area contributed by atoms with Gasteiger partial charge < -0.3 is 14.8 Å². The largest absolute Gasteiger partial charge is 0.415 e. The number of rotatable bonds is 3. The predicted molar refractivity (Wildman–Crippen MR) is 65.7 cm³/mol. The summed E-state index contributed by atoms with van der Waals surface area (Å²) in [4.78, 5) is 11.1. The zero-order chi connectivity index (χ0) is 12.6. The van der Waals surface area contributed by atoms with Crippen molar-refractivity contribution in [1.29, 1.82) is 0 Å². The molecule has 2 atom stereocenters. The van der Waals surface area contributed by atoms with Crippen LogP contribution in [0.2, 0.25) is 18.1 Å². The summed E-state index contributed by atoms with van der Waals surface area (Å²) in [5.74, 6) is -0.0867. The number of aliphatic hydroxyl groups excluding tert-OH is 1. The number of amides is 1. The number of nitrogens with one attached hydrogen (secondary N) is 1. The SMILES string of the molecule is CC(C)(C)[Si](C)(C)OC[C@@H]1NC(=O)C[C@H]1O. The summed E-state index contributed by atoms with van der Waals surface area (Å²) in [5, 5.41) is 12.5. The smallest absolute Gasteiger partial charge is 0.223 e. The standard InChI is InChI=1S/C11H23NO3Si/c1-11(2,3)16(4,5)15-7-8-9(13)6-10(14)12-8/h8-9,13H,6-7H2,1-5H3,(H,12,14)/t8-,9+/m0/s1. The molecule has 0 radical (unpaired) electrons. The summed E-state index contributed by atoms with van der Waals surface area (Å²) in [7, 11) is -1.79. The zero-order valence-corrected chi connectivity index (χ0v) is 11.8. The minimum atomic E-state index is -1.79. The molecule has 0 aliphatic carbocycles. The molecule has 0 aromatic heterocycles. The molecule has 1 amide bonds. The molecule has 0 aromatic rings. The lowest BCUT2D eigenvalue weighted by molar-refractivity contribution is -0.119. The molecule has 1 saturated heterocycles. The van der Waals surface area contributed by atoms with E-state index in [9.17, 15) is 9.90 Å². The van der Waals surface area contributed by atoms with Crippen molar-refractivity contribution in [3.8, 4) is 0 Å². The first-order valence-corrected chi connectivity index (χ1v) is 8.66. The first-order chi connectivity index (χ1) is 7.13. The van der Waals surface area contributed by atoms with Gasteiger partial charge in [-0.25, -0.2) is 0 Å². The Morgan fingerprint density at radius 3 is 2.44 bits per heavy atom. The molecular weight excluding hydrogens is 222 g/mol. The molecule has 1 aliphatic rings. The van der Waals surface area contributed by atoms with E-state index in [1.807, 2.05) is 0 Å².